The van der Waals surface area contributed by atoms with E-state index in [1.807, 2.05) is 62.4 Å². The Balaban J connectivity index is 2.03. The molecule has 0 radical (unpaired) electrons. The lowest BCUT2D eigenvalue weighted by atomic mass is 9.95. The second-order valence-corrected chi connectivity index (χ2v) is 7.97. The van der Waals surface area contributed by atoms with Crippen molar-refractivity contribution in [2.75, 3.05) is 0 Å². The number of nitrogens with two attached hydrogens (primary N) is 1. The van der Waals surface area contributed by atoms with E-state index in [1.54, 1.807) is 13.8 Å². The molecule has 7 heteroatoms. The van der Waals surface area contributed by atoms with E-state index in [1.165, 1.54) is 0 Å². The molecule has 0 fully saturated rings. The third kappa shape index (κ3) is 7.13. The first-order chi connectivity index (χ1) is 14.7. The first kappa shape index (κ1) is 23.9. The van der Waals surface area contributed by atoms with Crippen LogP contribution < -0.4 is 16.4 Å². The van der Waals surface area contributed by atoms with Crippen LogP contribution in [0.4, 0.5) is 4.79 Å². The zero-order valence-electron chi connectivity index (χ0n) is 18.5. The number of primary amides is 1. The van der Waals surface area contributed by atoms with Crippen molar-refractivity contribution < 1.29 is 19.1 Å². The highest BCUT2D eigenvalue weighted by Crippen LogP contribution is 2.16. The molecule has 0 spiro atoms. The van der Waals surface area contributed by atoms with Crippen molar-refractivity contribution in [3.05, 3.63) is 70.8 Å². The average Bonchev–Trinajstić information content (AvgIpc) is 2.72. The molecule has 2 aromatic rings. The third-order valence-electron chi connectivity index (χ3n) is 5.15. The molecule has 2 atom stereocenters. The smallest absolute Gasteiger partial charge is 0.408 e. The van der Waals surface area contributed by atoms with E-state index in [-0.39, 0.29) is 18.9 Å². The fraction of sp³-hybridized carbons (Fsp3) is 0.375. The molecule has 2 aromatic carbocycles. The molecule has 0 saturated carbocycles. The summed E-state index contributed by atoms with van der Waals surface area (Å²) in [6, 6.07) is 13.3. The van der Waals surface area contributed by atoms with Crippen molar-refractivity contribution in [3.8, 4) is 0 Å². The Kier molecular flexibility index (Phi) is 8.61. The molecule has 0 aliphatic carbocycles. The standard InChI is InChI=1S/C24H31N3O4/c1-15(2)21(27-24(30)31-14-18-11-6-5-7-12-18)23(29)26-20(22(25)28)13-19-16(3)9-8-10-17(19)4/h5-12,15,20-21H,13-14H2,1-4H3,(H2,25,28)(H,26,29)(H,27,30)/t20-,21-/m0/s1. The van der Waals surface area contributed by atoms with Crippen LogP contribution in [0.2, 0.25) is 0 Å². The van der Waals surface area contributed by atoms with Gasteiger partial charge in [-0.25, -0.2) is 4.79 Å². The number of hydrogen-bond acceptors (Lipinski definition) is 4. The van der Waals surface area contributed by atoms with E-state index in [2.05, 4.69) is 10.6 Å². The number of nitrogens with one attached hydrogen (secondary N) is 2. The van der Waals surface area contributed by atoms with Gasteiger partial charge >= 0.3 is 6.09 Å². The summed E-state index contributed by atoms with van der Waals surface area (Å²) in [6.07, 6.45) is -0.425. The molecule has 166 valence electrons. The van der Waals surface area contributed by atoms with Crippen LogP contribution in [0.25, 0.3) is 0 Å². The van der Waals surface area contributed by atoms with Crippen LogP contribution in [0.1, 0.15) is 36.1 Å². The highest BCUT2D eigenvalue weighted by Gasteiger charge is 2.29. The molecule has 0 saturated heterocycles. The summed E-state index contributed by atoms with van der Waals surface area (Å²) in [5.74, 6) is -1.34. The van der Waals surface area contributed by atoms with Crippen LogP contribution >= 0.6 is 0 Å². The highest BCUT2D eigenvalue weighted by atomic mass is 16.5. The Hall–Kier alpha value is -3.35. The number of alkyl carbamates (subject to hydrolysis) is 1. The Morgan fingerprint density at radius 2 is 1.55 bits per heavy atom. The third-order valence-corrected chi connectivity index (χ3v) is 5.15. The topological polar surface area (TPSA) is 111 Å². The van der Waals surface area contributed by atoms with Gasteiger partial charge in [-0.2, -0.15) is 0 Å². The molecule has 0 bridgehead atoms. The van der Waals surface area contributed by atoms with E-state index in [0.717, 1.165) is 22.3 Å². The number of aryl methyl sites for hydroxylation is 2. The summed E-state index contributed by atoms with van der Waals surface area (Å²) >= 11 is 0. The first-order valence-corrected chi connectivity index (χ1v) is 10.3. The van der Waals surface area contributed by atoms with Gasteiger partial charge in [-0.3, -0.25) is 9.59 Å². The maximum atomic E-state index is 12.9. The molecular weight excluding hydrogens is 394 g/mol. The minimum atomic E-state index is -0.893. The lowest BCUT2D eigenvalue weighted by molar-refractivity contribution is -0.129. The van der Waals surface area contributed by atoms with Gasteiger partial charge < -0.3 is 21.1 Å². The fourth-order valence-electron chi connectivity index (χ4n) is 3.29. The van der Waals surface area contributed by atoms with E-state index in [0.29, 0.717) is 0 Å². The van der Waals surface area contributed by atoms with Gasteiger partial charge in [0.25, 0.3) is 0 Å². The quantitative estimate of drug-likeness (QED) is 0.574. The number of ether oxygens (including phenoxy) is 1. The van der Waals surface area contributed by atoms with E-state index in [4.69, 9.17) is 10.5 Å². The van der Waals surface area contributed by atoms with E-state index >= 15 is 0 Å². The Bertz CT molecular complexity index is 892. The zero-order chi connectivity index (χ0) is 23.0. The molecule has 0 aliphatic rings. The van der Waals surface area contributed by atoms with Gasteiger partial charge in [-0.15, -0.1) is 0 Å². The maximum Gasteiger partial charge on any atom is 0.408 e. The van der Waals surface area contributed by atoms with Gasteiger partial charge in [-0.1, -0.05) is 62.4 Å². The normalized spacial score (nSPS) is 12.7. The van der Waals surface area contributed by atoms with Gasteiger partial charge in [0, 0.05) is 6.42 Å². The zero-order valence-corrected chi connectivity index (χ0v) is 18.5. The van der Waals surface area contributed by atoms with E-state index < -0.39 is 30.0 Å². The Morgan fingerprint density at radius 1 is 0.935 bits per heavy atom. The largest absolute Gasteiger partial charge is 0.445 e. The molecule has 3 amide bonds. The van der Waals surface area contributed by atoms with Gasteiger partial charge in [-0.05, 0) is 42.0 Å². The second kappa shape index (κ2) is 11.2. The molecule has 0 aliphatic heterocycles. The molecule has 4 N–H and O–H groups in total. The minimum absolute atomic E-state index is 0.0928. The van der Waals surface area contributed by atoms with Gasteiger partial charge in [0.15, 0.2) is 0 Å². The van der Waals surface area contributed by atoms with Crippen molar-refractivity contribution in [2.24, 2.45) is 11.7 Å². The van der Waals surface area contributed by atoms with Crippen LogP contribution in [0.5, 0.6) is 0 Å². The van der Waals surface area contributed by atoms with Crippen molar-refractivity contribution >= 4 is 17.9 Å². The number of hydrogen-bond donors (Lipinski definition) is 3. The molecule has 31 heavy (non-hydrogen) atoms. The number of rotatable bonds is 9. The molecule has 0 aromatic heterocycles. The van der Waals surface area contributed by atoms with Crippen molar-refractivity contribution in [1.82, 2.24) is 10.6 Å². The summed E-state index contributed by atoms with van der Waals surface area (Å²) in [7, 11) is 0. The number of carbonyl (C=O) groups is 3. The Morgan fingerprint density at radius 3 is 2.10 bits per heavy atom. The summed E-state index contributed by atoms with van der Waals surface area (Å²) < 4.78 is 5.22. The average molecular weight is 426 g/mol. The summed E-state index contributed by atoms with van der Waals surface area (Å²) in [4.78, 5) is 37.1. The number of benzene rings is 2. The maximum absolute atomic E-state index is 12.9. The molecule has 7 nitrogen and oxygen atoms in total. The highest BCUT2D eigenvalue weighted by molar-refractivity contribution is 5.91. The van der Waals surface area contributed by atoms with Crippen molar-refractivity contribution in [3.63, 3.8) is 0 Å². The molecule has 0 unspecified atom stereocenters. The lowest BCUT2D eigenvalue weighted by Crippen LogP contribution is -2.55. The first-order valence-electron chi connectivity index (χ1n) is 10.3. The summed E-state index contributed by atoms with van der Waals surface area (Å²) in [5, 5.41) is 5.29. The summed E-state index contributed by atoms with van der Waals surface area (Å²) in [6.45, 7) is 7.58. The summed E-state index contributed by atoms with van der Waals surface area (Å²) in [5.41, 5.74) is 9.39. The van der Waals surface area contributed by atoms with Crippen LogP contribution in [-0.2, 0) is 27.4 Å². The van der Waals surface area contributed by atoms with Gasteiger partial charge in [0.2, 0.25) is 11.8 Å². The second-order valence-electron chi connectivity index (χ2n) is 7.97. The van der Waals surface area contributed by atoms with Crippen LogP contribution in [-0.4, -0.2) is 30.0 Å². The van der Waals surface area contributed by atoms with Crippen LogP contribution in [0.3, 0.4) is 0 Å². The van der Waals surface area contributed by atoms with Crippen molar-refractivity contribution in [1.29, 1.82) is 0 Å². The predicted octanol–water partition coefficient (Wildman–Crippen LogP) is 2.77. The Labute approximate surface area is 183 Å². The minimum Gasteiger partial charge on any atom is -0.445 e. The van der Waals surface area contributed by atoms with Gasteiger partial charge in [0.1, 0.15) is 18.7 Å². The van der Waals surface area contributed by atoms with Crippen LogP contribution in [0, 0.1) is 19.8 Å². The van der Waals surface area contributed by atoms with Crippen molar-refractivity contribution in [2.45, 2.75) is 52.8 Å². The SMILES string of the molecule is Cc1cccc(C)c1C[C@H](NC(=O)[C@@H](NC(=O)OCc1ccccc1)C(C)C)C(N)=O. The molecular formula is C24H31N3O4. The molecule has 2 rings (SSSR count). The van der Waals surface area contributed by atoms with Gasteiger partial charge in [0.05, 0.1) is 0 Å². The lowest BCUT2D eigenvalue weighted by Gasteiger charge is -2.25. The number of carbonyl (C=O) groups excluding carboxylic acids is 3. The molecule has 0 heterocycles. The fourth-order valence-corrected chi connectivity index (χ4v) is 3.29. The van der Waals surface area contributed by atoms with E-state index in [9.17, 15) is 14.4 Å². The monoisotopic (exact) mass is 425 g/mol. The van der Waals surface area contributed by atoms with Crippen LogP contribution in [0.15, 0.2) is 48.5 Å². The number of amides is 3. The predicted molar refractivity (Wildman–Crippen MR) is 119 cm³/mol.